The molecule has 1 unspecified atom stereocenters. The van der Waals surface area contributed by atoms with E-state index in [0.717, 1.165) is 19.0 Å². The molecule has 0 aliphatic rings. The lowest BCUT2D eigenvalue weighted by atomic mass is 9.82. The maximum atomic E-state index is 13.8. The lowest BCUT2D eigenvalue weighted by Gasteiger charge is -2.32. The molecule has 0 aliphatic carbocycles. The Morgan fingerprint density at radius 2 is 1.88 bits per heavy atom. The molecular weight excluding hydrogens is 220 g/mol. The molecule has 1 aromatic rings. The molecule has 0 heterocycles. The van der Waals surface area contributed by atoms with E-state index < -0.39 is 11.6 Å². The molecule has 0 radical (unpaired) electrons. The van der Waals surface area contributed by atoms with E-state index in [1.165, 1.54) is 12.1 Å². The molecule has 0 fully saturated rings. The second-order valence-electron chi connectivity index (χ2n) is 5.42. The van der Waals surface area contributed by atoms with Crippen LogP contribution in [0.3, 0.4) is 0 Å². The lowest BCUT2D eigenvalue weighted by molar-refractivity contribution is 0.266. The summed E-state index contributed by atoms with van der Waals surface area (Å²) in [6.45, 7) is 9.02. The zero-order valence-electron chi connectivity index (χ0n) is 11.0. The summed E-state index contributed by atoms with van der Waals surface area (Å²) in [5.74, 6) is -1.01. The van der Waals surface area contributed by atoms with Crippen LogP contribution in [0.5, 0.6) is 0 Å². The van der Waals surface area contributed by atoms with Gasteiger partial charge in [-0.15, -0.1) is 0 Å². The quantitative estimate of drug-likeness (QED) is 0.838. The molecule has 0 saturated heterocycles. The van der Waals surface area contributed by atoms with Gasteiger partial charge < -0.3 is 5.32 Å². The zero-order valence-corrected chi connectivity index (χ0v) is 11.0. The fourth-order valence-electron chi connectivity index (χ4n) is 1.91. The Kier molecular flexibility index (Phi) is 4.63. The van der Waals surface area contributed by atoms with Gasteiger partial charge in [-0.2, -0.15) is 0 Å². The SMILES string of the molecule is CCCNC(c1ccc(F)cc1F)C(C)(C)C. The third kappa shape index (κ3) is 3.77. The zero-order chi connectivity index (χ0) is 13.1. The van der Waals surface area contributed by atoms with E-state index >= 15 is 0 Å². The minimum atomic E-state index is -0.533. The van der Waals surface area contributed by atoms with Crippen LogP contribution in [0, 0.1) is 17.0 Å². The van der Waals surface area contributed by atoms with Crippen molar-refractivity contribution in [3.8, 4) is 0 Å². The van der Waals surface area contributed by atoms with Crippen LogP contribution in [-0.2, 0) is 0 Å². The first kappa shape index (κ1) is 14.1. The molecule has 1 atom stereocenters. The Labute approximate surface area is 102 Å². The molecule has 17 heavy (non-hydrogen) atoms. The largest absolute Gasteiger partial charge is 0.309 e. The summed E-state index contributed by atoms with van der Waals surface area (Å²) in [7, 11) is 0. The van der Waals surface area contributed by atoms with Crippen molar-refractivity contribution in [2.24, 2.45) is 5.41 Å². The second-order valence-corrected chi connectivity index (χ2v) is 5.42. The number of benzene rings is 1. The lowest BCUT2D eigenvalue weighted by Crippen LogP contribution is -2.33. The summed E-state index contributed by atoms with van der Waals surface area (Å²) >= 11 is 0. The van der Waals surface area contributed by atoms with Crippen LogP contribution >= 0.6 is 0 Å². The van der Waals surface area contributed by atoms with Crippen molar-refractivity contribution in [2.75, 3.05) is 6.54 Å². The Bertz CT molecular complexity index is 369. The molecule has 0 aromatic heterocycles. The summed E-state index contributed by atoms with van der Waals surface area (Å²) in [4.78, 5) is 0. The van der Waals surface area contributed by atoms with Crippen LogP contribution < -0.4 is 5.32 Å². The Morgan fingerprint density at radius 3 is 2.35 bits per heavy atom. The van der Waals surface area contributed by atoms with Gasteiger partial charge in [-0.1, -0.05) is 33.8 Å². The highest BCUT2D eigenvalue weighted by atomic mass is 19.1. The first-order valence-electron chi connectivity index (χ1n) is 6.04. The number of halogens is 2. The highest BCUT2D eigenvalue weighted by molar-refractivity contribution is 5.23. The monoisotopic (exact) mass is 241 g/mol. The maximum absolute atomic E-state index is 13.8. The normalized spacial score (nSPS) is 13.8. The molecule has 1 nitrogen and oxygen atoms in total. The van der Waals surface area contributed by atoms with Crippen molar-refractivity contribution in [1.29, 1.82) is 0 Å². The highest BCUT2D eigenvalue weighted by Gasteiger charge is 2.27. The maximum Gasteiger partial charge on any atom is 0.130 e. The third-order valence-electron chi connectivity index (χ3n) is 2.74. The summed E-state index contributed by atoms with van der Waals surface area (Å²) in [5, 5.41) is 3.32. The van der Waals surface area contributed by atoms with Gasteiger partial charge in [0.25, 0.3) is 0 Å². The molecule has 1 aromatic carbocycles. The van der Waals surface area contributed by atoms with Crippen LogP contribution in [0.25, 0.3) is 0 Å². The van der Waals surface area contributed by atoms with Gasteiger partial charge in [0, 0.05) is 17.7 Å². The summed E-state index contributed by atoms with van der Waals surface area (Å²) in [5.41, 5.74) is 0.417. The van der Waals surface area contributed by atoms with Gasteiger partial charge in [-0.25, -0.2) is 8.78 Å². The number of nitrogens with one attached hydrogen (secondary N) is 1. The Balaban J connectivity index is 3.04. The van der Waals surface area contributed by atoms with Crippen molar-refractivity contribution in [3.05, 3.63) is 35.4 Å². The van der Waals surface area contributed by atoms with Gasteiger partial charge in [0.05, 0.1) is 0 Å². The molecular formula is C14H21F2N. The van der Waals surface area contributed by atoms with Crippen LogP contribution in [-0.4, -0.2) is 6.54 Å². The number of hydrogen-bond acceptors (Lipinski definition) is 1. The fourth-order valence-corrected chi connectivity index (χ4v) is 1.91. The minimum absolute atomic E-state index is 0.108. The predicted octanol–water partition coefficient (Wildman–Crippen LogP) is 4.05. The van der Waals surface area contributed by atoms with E-state index in [2.05, 4.69) is 12.2 Å². The number of rotatable bonds is 4. The van der Waals surface area contributed by atoms with Crippen molar-refractivity contribution < 1.29 is 8.78 Å². The van der Waals surface area contributed by atoms with E-state index in [-0.39, 0.29) is 11.5 Å². The summed E-state index contributed by atoms with van der Waals surface area (Å²) in [6, 6.07) is 3.68. The van der Waals surface area contributed by atoms with E-state index in [9.17, 15) is 8.78 Å². The Hall–Kier alpha value is -0.960. The average molecular weight is 241 g/mol. The number of hydrogen-bond donors (Lipinski definition) is 1. The van der Waals surface area contributed by atoms with Gasteiger partial charge in [0.1, 0.15) is 11.6 Å². The predicted molar refractivity (Wildman–Crippen MR) is 66.8 cm³/mol. The van der Waals surface area contributed by atoms with Crippen LogP contribution in [0.4, 0.5) is 8.78 Å². The molecule has 0 bridgehead atoms. The smallest absolute Gasteiger partial charge is 0.130 e. The molecule has 0 saturated carbocycles. The van der Waals surface area contributed by atoms with Crippen LogP contribution in [0.2, 0.25) is 0 Å². The summed E-state index contributed by atoms with van der Waals surface area (Å²) < 4.78 is 26.7. The van der Waals surface area contributed by atoms with E-state index in [0.29, 0.717) is 5.56 Å². The average Bonchev–Trinajstić information content (AvgIpc) is 2.19. The topological polar surface area (TPSA) is 12.0 Å². The molecule has 3 heteroatoms. The molecule has 0 aliphatic heterocycles. The van der Waals surface area contributed by atoms with Gasteiger partial charge >= 0.3 is 0 Å². The molecule has 0 amide bonds. The van der Waals surface area contributed by atoms with E-state index in [4.69, 9.17) is 0 Å². The van der Waals surface area contributed by atoms with Crippen LogP contribution in [0.1, 0.15) is 45.7 Å². The fraction of sp³-hybridized carbons (Fsp3) is 0.571. The first-order valence-corrected chi connectivity index (χ1v) is 6.04. The molecule has 1 N–H and O–H groups in total. The van der Waals surface area contributed by atoms with Gasteiger partial charge in [-0.3, -0.25) is 0 Å². The van der Waals surface area contributed by atoms with Crippen molar-refractivity contribution in [2.45, 2.75) is 40.2 Å². The van der Waals surface area contributed by atoms with Gasteiger partial charge in [0.2, 0.25) is 0 Å². The third-order valence-corrected chi connectivity index (χ3v) is 2.74. The van der Waals surface area contributed by atoms with Crippen molar-refractivity contribution in [1.82, 2.24) is 5.32 Å². The van der Waals surface area contributed by atoms with Crippen LogP contribution in [0.15, 0.2) is 18.2 Å². The van der Waals surface area contributed by atoms with Crippen molar-refractivity contribution in [3.63, 3.8) is 0 Å². The van der Waals surface area contributed by atoms with E-state index in [1.54, 1.807) is 0 Å². The summed E-state index contributed by atoms with van der Waals surface area (Å²) in [6.07, 6.45) is 0.982. The second kappa shape index (κ2) is 5.58. The highest BCUT2D eigenvalue weighted by Crippen LogP contribution is 2.34. The van der Waals surface area contributed by atoms with E-state index in [1.807, 2.05) is 20.8 Å². The standard InChI is InChI=1S/C14H21F2N/c1-5-8-17-13(14(2,3)4)11-7-6-10(15)9-12(11)16/h6-7,9,13,17H,5,8H2,1-4H3. The minimum Gasteiger partial charge on any atom is -0.309 e. The molecule has 1 rings (SSSR count). The first-order chi connectivity index (χ1) is 7.86. The molecule has 0 spiro atoms. The van der Waals surface area contributed by atoms with Gasteiger partial charge in [-0.05, 0) is 24.4 Å². The Morgan fingerprint density at radius 1 is 1.24 bits per heavy atom. The van der Waals surface area contributed by atoms with Gasteiger partial charge in [0.15, 0.2) is 0 Å². The van der Waals surface area contributed by atoms with Crippen molar-refractivity contribution >= 4 is 0 Å². The molecule has 96 valence electrons.